The second-order valence-electron chi connectivity index (χ2n) is 8.00. The fraction of sp³-hybridized carbons (Fsp3) is 0.391. The van der Waals surface area contributed by atoms with Crippen molar-refractivity contribution in [3.63, 3.8) is 0 Å². The van der Waals surface area contributed by atoms with Gasteiger partial charge in [0.1, 0.15) is 12.4 Å². The average molecular weight is 422 g/mol. The maximum atomic E-state index is 12.9. The van der Waals surface area contributed by atoms with Gasteiger partial charge in [-0.25, -0.2) is 4.98 Å². The molecule has 1 fully saturated rings. The van der Waals surface area contributed by atoms with Gasteiger partial charge in [-0.2, -0.15) is 0 Å². The predicted molar refractivity (Wildman–Crippen MR) is 113 cm³/mol. The Balaban J connectivity index is 1.40. The number of piperidine rings is 1. The first-order chi connectivity index (χ1) is 14.9. The molecule has 0 saturated carbocycles. The summed E-state index contributed by atoms with van der Waals surface area (Å²) in [4.78, 5) is 31.6. The molecule has 0 bridgehead atoms. The fourth-order valence-corrected chi connectivity index (χ4v) is 3.98. The Labute approximate surface area is 180 Å². The van der Waals surface area contributed by atoms with Gasteiger partial charge in [0.15, 0.2) is 17.3 Å². The lowest BCUT2D eigenvalue weighted by atomic mass is 9.93. The Hall–Kier alpha value is -3.42. The number of hydrogen-bond acceptors (Lipinski definition) is 6. The monoisotopic (exact) mass is 422 g/mol. The van der Waals surface area contributed by atoms with E-state index in [2.05, 4.69) is 10.1 Å². The van der Waals surface area contributed by atoms with Gasteiger partial charge in [-0.05, 0) is 37.8 Å². The van der Waals surface area contributed by atoms with E-state index in [1.165, 1.54) is 0 Å². The average Bonchev–Trinajstić information content (AvgIpc) is 3.41. The number of likely N-dealkylation sites (tertiary alicyclic amines) is 1. The third-order valence-electron chi connectivity index (χ3n) is 5.67. The van der Waals surface area contributed by atoms with Crippen LogP contribution in [0.5, 0.6) is 5.75 Å². The van der Waals surface area contributed by atoms with Crippen molar-refractivity contribution in [2.24, 2.45) is 13.0 Å². The van der Waals surface area contributed by atoms with E-state index in [-0.39, 0.29) is 29.9 Å². The maximum absolute atomic E-state index is 12.9. The Morgan fingerprint density at radius 2 is 2.03 bits per heavy atom. The van der Waals surface area contributed by atoms with Crippen molar-refractivity contribution in [3.8, 4) is 5.75 Å². The first kappa shape index (κ1) is 20.8. The molecular weight excluding hydrogens is 396 g/mol. The molecule has 0 spiro atoms. The number of benzene rings is 1. The van der Waals surface area contributed by atoms with Crippen LogP contribution >= 0.6 is 0 Å². The van der Waals surface area contributed by atoms with Crippen molar-refractivity contribution in [2.75, 3.05) is 13.1 Å². The van der Waals surface area contributed by atoms with E-state index in [9.17, 15) is 9.59 Å². The first-order valence-electron chi connectivity index (χ1n) is 10.4. The highest BCUT2D eigenvalue weighted by molar-refractivity contribution is 5.96. The standard InChI is InChI=1S/C23H26N4O4/c1-15-6-4-7-16(2)21(15)30-14-18-12-19(25-31-18)23(29)27-10-5-8-17(13-27)20(28)22-24-9-11-26(22)3/h4,6-7,9,11-12,17H,5,8,10,13-14H2,1-3H3/t17-/m0/s1. The molecule has 0 N–H and O–H groups in total. The second-order valence-corrected chi connectivity index (χ2v) is 8.00. The smallest absolute Gasteiger partial charge is 0.276 e. The molecule has 8 heteroatoms. The van der Waals surface area contributed by atoms with Crippen LogP contribution in [-0.2, 0) is 13.7 Å². The van der Waals surface area contributed by atoms with E-state index in [0.717, 1.165) is 29.7 Å². The van der Waals surface area contributed by atoms with E-state index in [1.54, 1.807) is 35.0 Å². The minimum absolute atomic E-state index is 0.0344. The van der Waals surface area contributed by atoms with Crippen LogP contribution in [-0.4, -0.2) is 44.4 Å². The Morgan fingerprint density at radius 1 is 1.26 bits per heavy atom. The van der Waals surface area contributed by atoms with E-state index >= 15 is 0 Å². The van der Waals surface area contributed by atoms with Gasteiger partial charge in [-0.1, -0.05) is 23.4 Å². The van der Waals surface area contributed by atoms with E-state index in [1.807, 2.05) is 32.0 Å². The normalized spacial score (nSPS) is 16.4. The minimum atomic E-state index is -0.266. The van der Waals surface area contributed by atoms with Gasteiger partial charge < -0.3 is 18.7 Å². The number of imidazole rings is 1. The van der Waals surface area contributed by atoms with Crippen LogP contribution in [0.4, 0.5) is 0 Å². The molecule has 31 heavy (non-hydrogen) atoms. The quantitative estimate of drug-likeness (QED) is 0.566. The second kappa shape index (κ2) is 8.75. The molecule has 0 aliphatic carbocycles. The fourth-order valence-electron chi connectivity index (χ4n) is 3.98. The summed E-state index contributed by atoms with van der Waals surface area (Å²) >= 11 is 0. The number of ether oxygens (including phenoxy) is 1. The van der Waals surface area contributed by atoms with Gasteiger partial charge in [0, 0.05) is 44.5 Å². The molecule has 4 rings (SSSR count). The van der Waals surface area contributed by atoms with Crippen LogP contribution < -0.4 is 4.74 Å². The summed E-state index contributed by atoms with van der Waals surface area (Å²) in [5.74, 6) is 1.17. The number of nitrogens with zero attached hydrogens (tertiary/aromatic N) is 4. The van der Waals surface area contributed by atoms with Gasteiger partial charge in [0.2, 0.25) is 5.78 Å². The molecule has 162 valence electrons. The number of aromatic nitrogens is 3. The molecule has 2 aromatic heterocycles. The molecule has 1 aliphatic rings. The molecule has 8 nitrogen and oxygen atoms in total. The zero-order valence-electron chi connectivity index (χ0n) is 18.0. The van der Waals surface area contributed by atoms with Crippen molar-refractivity contribution >= 4 is 11.7 Å². The van der Waals surface area contributed by atoms with Crippen molar-refractivity contribution < 1.29 is 18.8 Å². The third kappa shape index (κ3) is 4.38. The summed E-state index contributed by atoms with van der Waals surface area (Å²) in [5, 5.41) is 3.93. The zero-order chi connectivity index (χ0) is 22.0. The molecule has 0 radical (unpaired) electrons. The van der Waals surface area contributed by atoms with Crippen molar-refractivity contribution in [1.82, 2.24) is 19.6 Å². The third-order valence-corrected chi connectivity index (χ3v) is 5.67. The summed E-state index contributed by atoms with van der Waals surface area (Å²) in [7, 11) is 1.80. The lowest BCUT2D eigenvalue weighted by Crippen LogP contribution is -2.42. The number of rotatable bonds is 6. The highest BCUT2D eigenvalue weighted by atomic mass is 16.5. The number of carbonyl (C=O) groups is 2. The Kier molecular flexibility index (Phi) is 5.88. The maximum Gasteiger partial charge on any atom is 0.276 e. The molecule has 1 saturated heterocycles. The first-order valence-corrected chi connectivity index (χ1v) is 10.4. The lowest BCUT2D eigenvalue weighted by Gasteiger charge is -2.31. The molecular formula is C23H26N4O4. The van der Waals surface area contributed by atoms with Gasteiger partial charge >= 0.3 is 0 Å². The van der Waals surface area contributed by atoms with Crippen LogP contribution in [0.3, 0.4) is 0 Å². The number of Topliss-reactive ketones (excluding diaryl/α,β-unsaturated/α-hetero) is 1. The van der Waals surface area contributed by atoms with Crippen LogP contribution in [0.1, 0.15) is 50.8 Å². The van der Waals surface area contributed by atoms with Crippen LogP contribution in [0, 0.1) is 19.8 Å². The van der Waals surface area contributed by atoms with Crippen molar-refractivity contribution in [1.29, 1.82) is 0 Å². The van der Waals surface area contributed by atoms with E-state index < -0.39 is 0 Å². The van der Waals surface area contributed by atoms with Crippen molar-refractivity contribution in [3.05, 3.63) is 65.1 Å². The van der Waals surface area contributed by atoms with E-state index in [0.29, 0.717) is 24.7 Å². The molecule has 1 amide bonds. The summed E-state index contributed by atoms with van der Waals surface area (Å²) in [5.41, 5.74) is 2.30. The van der Waals surface area contributed by atoms with Crippen LogP contribution in [0.2, 0.25) is 0 Å². The van der Waals surface area contributed by atoms with Gasteiger partial charge in [0.05, 0.1) is 0 Å². The van der Waals surface area contributed by atoms with Crippen molar-refractivity contribution in [2.45, 2.75) is 33.3 Å². The Morgan fingerprint density at radius 3 is 2.74 bits per heavy atom. The summed E-state index contributed by atoms with van der Waals surface area (Å²) in [6.45, 7) is 5.09. The number of ketones is 1. The molecule has 3 aromatic rings. The molecule has 3 heterocycles. The molecule has 1 aliphatic heterocycles. The number of para-hydroxylation sites is 1. The SMILES string of the molecule is Cc1cccc(C)c1OCc1cc(C(=O)N2CCC[C@H](C(=O)c3nccn3C)C2)no1. The zero-order valence-corrected chi connectivity index (χ0v) is 18.0. The number of carbonyl (C=O) groups excluding carboxylic acids is 2. The van der Waals surface area contributed by atoms with Crippen LogP contribution in [0.25, 0.3) is 0 Å². The molecule has 1 aromatic carbocycles. The predicted octanol–water partition coefficient (Wildman–Crippen LogP) is 3.34. The lowest BCUT2D eigenvalue weighted by molar-refractivity contribution is 0.0624. The number of amides is 1. The minimum Gasteiger partial charge on any atom is -0.485 e. The van der Waals surface area contributed by atoms with Gasteiger partial charge in [0.25, 0.3) is 5.91 Å². The Bertz CT molecular complexity index is 1080. The highest BCUT2D eigenvalue weighted by Crippen LogP contribution is 2.24. The summed E-state index contributed by atoms with van der Waals surface area (Å²) in [6.07, 6.45) is 4.85. The van der Waals surface area contributed by atoms with E-state index in [4.69, 9.17) is 9.26 Å². The molecule has 1 atom stereocenters. The highest BCUT2D eigenvalue weighted by Gasteiger charge is 2.32. The number of aryl methyl sites for hydroxylation is 3. The largest absolute Gasteiger partial charge is 0.485 e. The number of hydrogen-bond donors (Lipinski definition) is 0. The topological polar surface area (TPSA) is 90.5 Å². The summed E-state index contributed by atoms with van der Waals surface area (Å²) < 4.78 is 12.9. The van der Waals surface area contributed by atoms with Gasteiger partial charge in [-0.3, -0.25) is 9.59 Å². The van der Waals surface area contributed by atoms with Crippen LogP contribution in [0.15, 0.2) is 41.2 Å². The van der Waals surface area contributed by atoms with Gasteiger partial charge in [-0.15, -0.1) is 0 Å². The summed E-state index contributed by atoms with van der Waals surface area (Å²) in [6, 6.07) is 7.56. The molecule has 0 unspecified atom stereocenters.